The summed E-state index contributed by atoms with van der Waals surface area (Å²) in [6.07, 6.45) is 7.72. The predicted molar refractivity (Wildman–Crippen MR) is 92.4 cm³/mol. The van der Waals surface area contributed by atoms with E-state index in [1.807, 2.05) is 6.07 Å². The van der Waals surface area contributed by atoms with Gasteiger partial charge in [0, 0.05) is 37.5 Å². The van der Waals surface area contributed by atoms with Crippen LogP contribution in [0.15, 0.2) is 49.2 Å². The second kappa shape index (κ2) is 6.89. The number of morpholine rings is 1. The van der Waals surface area contributed by atoms with Gasteiger partial charge in [0.05, 0.1) is 18.7 Å². The van der Waals surface area contributed by atoms with E-state index in [1.165, 1.54) is 6.20 Å². The van der Waals surface area contributed by atoms with E-state index in [-0.39, 0.29) is 5.91 Å². The molecule has 1 saturated heterocycles. The number of hydrogen-bond donors (Lipinski definition) is 1. The Morgan fingerprint density at radius 2 is 2.08 bits per heavy atom. The van der Waals surface area contributed by atoms with Crippen molar-refractivity contribution >= 4 is 11.7 Å². The first-order valence-corrected chi connectivity index (χ1v) is 8.15. The molecular weight excluding hydrogens is 334 g/mol. The van der Waals surface area contributed by atoms with Gasteiger partial charge >= 0.3 is 0 Å². The topological polar surface area (TPSA) is 112 Å². The number of nitrogen functional groups attached to an aromatic ring is 1. The van der Waals surface area contributed by atoms with Crippen molar-refractivity contribution in [3.63, 3.8) is 0 Å². The summed E-state index contributed by atoms with van der Waals surface area (Å²) in [7, 11) is 0. The van der Waals surface area contributed by atoms with E-state index in [0.717, 1.165) is 0 Å². The number of carbonyl (C=O) groups is 1. The number of amides is 1. The lowest BCUT2D eigenvalue weighted by Gasteiger charge is -2.32. The van der Waals surface area contributed by atoms with Gasteiger partial charge in [0.15, 0.2) is 5.82 Å². The van der Waals surface area contributed by atoms with Crippen molar-refractivity contribution < 1.29 is 9.53 Å². The molecule has 0 spiro atoms. The normalized spacial score (nSPS) is 17.2. The molecule has 0 aliphatic carbocycles. The van der Waals surface area contributed by atoms with Crippen LogP contribution < -0.4 is 5.73 Å². The van der Waals surface area contributed by atoms with Crippen molar-refractivity contribution in [2.45, 2.75) is 6.10 Å². The Balaban J connectivity index is 1.50. The van der Waals surface area contributed by atoms with E-state index in [1.54, 1.807) is 46.5 Å². The third-order valence-electron chi connectivity index (χ3n) is 4.15. The summed E-state index contributed by atoms with van der Waals surface area (Å²) in [4.78, 5) is 27.1. The van der Waals surface area contributed by atoms with Crippen LogP contribution in [0.2, 0.25) is 0 Å². The van der Waals surface area contributed by atoms with E-state index in [2.05, 4.69) is 20.1 Å². The van der Waals surface area contributed by atoms with Crippen LogP contribution in [0.3, 0.4) is 0 Å². The van der Waals surface area contributed by atoms with Gasteiger partial charge in [-0.2, -0.15) is 5.10 Å². The van der Waals surface area contributed by atoms with Gasteiger partial charge in [-0.3, -0.25) is 9.78 Å². The minimum absolute atomic E-state index is 0.111. The van der Waals surface area contributed by atoms with Gasteiger partial charge in [-0.25, -0.2) is 14.6 Å². The van der Waals surface area contributed by atoms with Crippen LogP contribution in [-0.2, 0) is 4.74 Å². The maximum atomic E-state index is 12.8. The summed E-state index contributed by atoms with van der Waals surface area (Å²) in [5.74, 6) is 0.857. The molecule has 0 aromatic carbocycles. The molecule has 1 aliphatic heterocycles. The lowest BCUT2D eigenvalue weighted by Crippen LogP contribution is -2.42. The largest absolute Gasteiger partial charge is 0.382 e. The molecular formula is C17H17N7O2. The highest BCUT2D eigenvalue weighted by Gasteiger charge is 2.28. The third kappa shape index (κ3) is 3.11. The zero-order valence-electron chi connectivity index (χ0n) is 13.9. The summed E-state index contributed by atoms with van der Waals surface area (Å²) < 4.78 is 7.36. The van der Waals surface area contributed by atoms with E-state index < -0.39 is 6.10 Å². The third-order valence-corrected chi connectivity index (χ3v) is 4.15. The number of hydrogen-bond acceptors (Lipinski definition) is 7. The number of pyridine rings is 1. The van der Waals surface area contributed by atoms with Crippen LogP contribution in [0, 0.1) is 0 Å². The first-order valence-electron chi connectivity index (χ1n) is 8.15. The smallest absolute Gasteiger partial charge is 0.255 e. The number of anilines is 1. The first kappa shape index (κ1) is 16.2. The Kier molecular flexibility index (Phi) is 4.28. The quantitative estimate of drug-likeness (QED) is 0.744. The average molecular weight is 351 g/mol. The fraction of sp³-hybridized carbons (Fsp3) is 0.235. The first-order chi connectivity index (χ1) is 12.7. The summed E-state index contributed by atoms with van der Waals surface area (Å²) >= 11 is 0. The second-order valence-electron chi connectivity index (χ2n) is 5.79. The maximum absolute atomic E-state index is 12.8. The summed E-state index contributed by atoms with van der Waals surface area (Å²) in [6, 6.07) is 5.32. The molecule has 0 radical (unpaired) electrons. The summed E-state index contributed by atoms with van der Waals surface area (Å²) in [5, 5.41) is 4.12. The molecule has 26 heavy (non-hydrogen) atoms. The second-order valence-corrected chi connectivity index (χ2v) is 5.79. The highest BCUT2D eigenvalue weighted by atomic mass is 16.5. The van der Waals surface area contributed by atoms with E-state index in [4.69, 9.17) is 10.5 Å². The van der Waals surface area contributed by atoms with Crippen molar-refractivity contribution in [1.82, 2.24) is 29.6 Å². The number of nitrogens with two attached hydrogens (primary N) is 1. The molecule has 1 unspecified atom stereocenters. The average Bonchev–Trinajstić information content (AvgIpc) is 3.23. The van der Waals surface area contributed by atoms with Crippen LogP contribution >= 0.6 is 0 Å². The zero-order chi connectivity index (χ0) is 17.9. The molecule has 3 aromatic rings. The molecule has 4 heterocycles. The molecule has 132 valence electrons. The Labute approximate surface area is 149 Å². The highest BCUT2D eigenvalue weighted by molar-refractivity contribution is 5.94. The van der Waals surface area contributed by atoms with Crippen molar-refractivity contribution in [2.24, 2.45) is 0 Å². The number of nitrogens with zero attached hydrogens (tertiary/aromatic N) is 6. The van der Waals surface area contributed by atoms with Gasteiger partial charge in [0.1, 0.15) is 17.6 Å². The minimum atomic E-state index is -0.391. The number of rotatable bonds is 3. The van der Waals surface area contributed by atoms with Crippen LogP contribution in [0.5, 0.6) is 0 Å². The Morgan fingerprint density at radius 1 is 1.19 bits per heavy atom. The van der Waals surface area contributed by atoms with Gasteiger partial charge in [-0.05, 0) is 18.2 Å². The molecule has 1 amide bonds. The molecule has 0 saturated carbocycles. The van der Waals surface area contributed by atoms with Gasteiger partial charge < -0.3 is 15.4 Å². The highest BCUT2D eigenvalue weighted by Crippen LogP contribution is 2.24. The van der Waals surface area contributed by atoms with Crippen molar-refractivity contribution in [1.29, 1.82) is 0 Å². The van der Waals surface area contributed by atoms with Crippen LogP contribution in [0.1, 0.15) is 22.2 Å². The van der Waals surface area contributed by atoms with Crippen molar-refractivity contribution in [3.05, 3.63) is 60.4 Å². The standard InChI is InChI=1S/C17H17N7O2/c18-16-15(19-5-6-20-16)13-11-23(8-9-26-13)17(25)12-2-3-14(21-10-12)24-7-1-4-22-24/h1-7,10,13H,8-9,11H2,(H2,18,20). The molecule has 1 fully saturated rings. The summed E-state index contributed by atoms with van der Waals surface area (Å²) in [5.41, 5.74) is 6.93. The monoisotopic (exact) mass is 351 g/mol. The fourth-order valence-corrected chi connectivity index (χ4v) is 2.84. The zero-order valence-corrected chi connectivity index (χ0v) is 13.9. The molecule has 9 nitrogen and oxygen atoms in total. The van der Waals surface area contributed by atoms with Gasteiger partial charge in [0.25, 0.3) is 5.91 Å². The Bertz CT molecular complexity index is 896. The molecule has 9 heteroatoms. The molecule has 2 N–H and O–H groups in total. The lowest BCUT2D eigenvalue weighted by molar-refractivity contribution is -0.0245. The van der Waals surface area contributed by atoms with Crippen molar-refractivity contribution in [2.75, 3.05) is 25.4 Å². The van der Waals surface area contributed by atoms with E-state index in [0.29, 0.717) is 42.6 Å². The SMILES string of the molecule is Nc1nccnc1C1CN(C(=O)c2ccc(-n3cccn3)nc2)CCO1. The van der Waals surface area contributed by atoms with Crippen molar-refractivity contribution in [3.8, 4) is 5.82 Å². The predicted octanol–water partition coefficient (Wildman–Crippen LogP) is 0.853. The molecule has 3 aromatic heterocycles. The Morgan fingerprint density at radius 3 is 2.81 bits per heavy atom. The summed E-state index contributed by atoms with van der Waals surface area (Å²) in [6.45, 7) is 1.27. The van der Waals surface area contributed by atoms with E-state index >= 15 is 0 Å². The van der Waals surface area contributed by atoms with E-state index in [9.17, 15) is 4.79 Å². The van der Waals surface area contributed by atoms with Gasteiger partial charge in [0.2, 0.25) is 0 Å². The number of carbonyl (C=O) groups excluding carboxylic acids is 1. The van der Waals surface area contributed by atoms with Crippen LogP contribution in [-0.4, -0.2) is 55.2 Å². The van der Waals surface area contributed by atoms with Gasteiger partial charge in [-0.1, -0.05) is 0 Å². The molecule has 1 atom stereocenters. The maximum Gasteiger partial charge on any atom is 0.255 e. The van der Waals surface area contributed by atoms with Crippen LogP contribution in [0.25, 0.3) is 5.82 Å². The fourth-order valence-electron chi connectivity index (χ4n) is 2.84. The lowest BCUT2D eigenvalue weighted by atomic mass is 10.1. The number of ether oxygens (including phenoxy) is 1. The van der Waals surface area contributed by atoms with Crippen LogP contribution in [0.4, 0.5) is 5.82 Å². The molecule has 4 rings (SSSR count). The molecule has 1 aliphatic rings. The Hall–Kier alpha value is -3.33. The van der Waals surface area contributed by atoms with Gasteiger partial charge in [-0.15, -0.1) is 0 Å². The number of aromatic nitrogens is 5. The minimum Gasteiger partial charge on any atom is -0.382 e. The molecule has 0 bridgehead atoms.